The van der Waals surface area contributed by atoms with Crippen molar-refractivity contribution in [2.75, 3.05) is 11.0 Å². The van der Waals surface area contributed by atoms with Crippen LogP contribution < -0.4 is 9.46 Å². The molecule has 0 atom stereocenters. The van der Waals surface area contributed by atoms with E-state index in [1.807, 2.05) is 0 Å². The molecule has 9 heteroatoms. The van der Waals surface area contributed by atoms with Gasteiger partial charge in [-0.1, -0.05) is 0 Å². The zero-order valence-corrected chi connectivity index (χ0v) is 13.9. The van der Waals surface area contributed by atoms with E-state index in [0.29, 0.717) is 29.0 Å². The fraction of sp³-hybridized carbons (Fsp3) is 0.133. The third-order valence-corrected chi connectivity index (χ3v) is 3.53. The summed E-state index contributed by atoms with van der Waals surface area (Å²) in [6.07, 6.45) is 4.53. The van der Waals surface area contributed by atoms with Crippen molar-refractivity contribution in [3.05, 3.63) is 54.6 Å². The van der Waals surface area contributed by atoms with E-state index in [1.165, 1.54) is 0 Å². The van der Waals surface area contributed by atoms with Crippen LogP contribution in [0.3, 0.4) is 0 Å². The first-order valence-electron chi connectivity index (χ1n) is 7.00. The number of hydrogen-bond donors (Lipinski definition) is 1. The molecule has 1 aromatic carbocycles. The molecular weight excluding hydrogens is 330 g/mol. The predicted molar refractivity (Wildman–Crippen MR) is 88.9 cm³/mol. The van der Waals surface area contributed by atoms with Crippen LogP contribution in [-0.2, 0) is 10.0 Å². The van der Waals surface area contributed by atoms with E-state index in [-0.39, 0.29) is 0 Å². The van der Waals surface area contributed by atoms with Crippen molar-refractivity contribution in [3.8, 4) is 17.4 Å². The van der Waals surface area contributed by atoms with E-state index in [1.54, 1.807) is 60.4 Å². The predicted octanol–water partition coefficient (Wildman–Crippen LogP) is 2.13. The summed E-state index contributed by atoms with van der Waals surface area (Å²) >= 11 is 0. The Labute approximate surface area is 139 Å². The van der Waals surface area contributed by atoms with E-state index in [4.69, 9.17) is 4.74 Å². The number of anilines is 1. The van der Waals surface area contributed by atoms with Gasteiger partial charge in [-0.3, -0.25) is 4.72 Å². The summed E-state index contributed by atoms with van der Waals surface area (Å²) in [7, 11) is -3.31. The second-order valence-corrected chi connectivity index (χ2v) is 6.81. The van der Waals surface area contributed by atoms with Gasteiger partial charge >= 0.3 is 0 Å². The van der Waals surface area contributed by atoms with Crippen molar-refractivity contribution in [1.82, 2.24) is 19.7 Å². The molecular formula is C15H15N5O3S. The molecule has 0 aliphatic rings. The number of hydrogen-bond acceptors (Lipinski definition) is 6. The minimum Gasteiger partial charge on any atom is -0.439 e. The summed E-state index contributed by atoms with van der Waals surface area (Å²) in [6, 6.07) is 9.99. The standard InChI is InChI=1S/C15H15N5O3S/c1-11-17-14(20-9-3-8-16-20)10-15(18-11)23-13-6-4-12(5-7-13)19-24(2,21)22/h3-10,19H,1-2H3. The van der Waals surface area contributed by atoms with Crippen LogP contribution in [0.5, 0.6) is 11.6 Å². The fourth-order valence-corrected chi connectivity index (χ4v) is 2.59. The van der Waals surface area contributed by atoms with Crippen LogP contribution in [0.4, 0.5) is 5.69 Å². The van der Waals surface area contributed by atoms with Gasteiger partial charge in [0.05, 0.1) is 6.26 Å². The smallest absolute Gasteiger partial charge is 0.229 e. The first-order chi connectivity index (χ1) is 11.4. The molecule has 0 radical (unpaired) electrons. The van der Waals surface area contributed by atoms with Gasteiger partial charge in [-0.15, -0.1) is 0 Å². The molecule has 3 aromatic rings. The van der Waals surface area contributed by atoms with Gasteiger partial charge in [-0.25, -0.2) is 18.1 Å². The molecule has 0 saturated carbocycles. The number of aryl methyl sites for hydroxylation is 1. The summed E-state index contributed by atoms with van der Waals surface area (Å²) < 4.78 is 32.1. The molecule has 1 N–H and O–H groups in total. The molecule has 0 spiro atoms. The Hall–Kier alpha value is -2.94. The first kappa shape index (κ1) is 15.9. The van der Waals surface area contributed by atoms with E-state index in [9.17, 15) is 8.42 Å². The number of sulfonamides is 1. The maximum absolute atomic E-state index is 11.2. The summed E-state index contributed by atoms with van der Waals surface area (Å²) in [4.78, 5) is 8.54. The van der Waals surface area contributed by atoms with Crippen LogP contribution in [0.2, 0.25) is 0 Å². The van der Waals surface area contributed by atoms with Crippen LogP contribution >= 0.6 is 0 Å². The van der Waals surface area contributed by atoms with Gasteiger partial charge < -0.3 is 4.74 Å². The average Bonchev–Trinajstić information content (AvgIpc) is 3.01. The van der Waals surface area contributed by atoms with Crippen molar-refractivity contribution in [3.63, 3.8) is 0 Å². The Kier molecular flexibility index (Phi) is 4.17. The van der Waals surface area contributed by atoms with Gasteiger partial charge in [0.25, 0.3) is 0 Å². The molecule has 2 heterocycles. The summed E-state index contributed by atoms with van der Waals surface area (Å²) in [5.74, 6) is 2.04. The lowest BCUT2D eigenvalue weighted by atomic mass is 10.3. The lowest BCUT2D eigenvalue weighted by Crippen LogP contribution is -2.09. The molecule has 3 rings (SSSR count). The van der Waals surface area contributed by atoms with E-state index < -0.39 is 10.0 Å². The zero-order chi connectivity index (χ0) is 17.2. The molecule has 0 fully saturated rings. The molecule has 0 amide bonds. The van der Waals surface area contributed by atoms with Crippen LogP contribution in [0.1, 0.15) is 5.82 Å². The summed E-state index contributed by atoms with van der Waals surface area (Å²) in [5.41, 5.74) is 0.459. The highest BCUT2D eigenvalue weighted by molar-refractivity contribution is 7.92. The first-order valence-corrected chi connectivity index (χ1v) is 8.90. The minimum absolute atomic E-state index is 0.372. The fourth-order valence-electron chi connectivity index (χ4n) is 2.03. The molecule has 0 unspecified atom stereocenters. The number of ether oxygens (including phenoxy) is 1. The normalized spacial score (nSPS) is 11.2. The van der Waals surface area contributed by atoms with Crippen molar-refractivity contribution >= 4 is 15.7 Å². The minimum atomic E-state index is -3.31. The molecule has 24 heavy (non-hydrogen) atoms. The third-order valence-electron chi connectivity index (χ3n) is 2.92. The number of nitrogens with one attached hydrogen (secondary N) is 1. The third kappa shape index (κ3) is 4.07. The maximum Gasteiger partial charge on any atom is 0.229 e. The molecule has 0 aliphatic carbocycles. The van der Waals surface area contributed by atoms with Gasteiger partial charge in [0, 0.05) is 24.1 Å². The van der Waals surface area contributed by atoms with Crippen LogP contribution in [-0.4, -0.2) is 34.4 Å². The number of aromatic nitrogens is 4. The lowest BCUT2D eigenvalue weighted by Gasteiger charge is -2.09. The van der Waals surface area contributed by atoms with Gasteiger partial charge in [-0.05, 0) is 37.3 Å². The monoisotopic (exact) mass is 345 g/mol. The SMILES string of the molecule is Cc1nc(Oc2ccc(NS(C)(=O)=O)cc2)cc(-n2cccn2)n1. The van der Waals surface area contributed by atoms with E-state index >= 15 is 0 Å². The number of nitrogens with zero attached hydrogens (tertiary/aromatic N) is 4. The highest BCUT2D eigenvalue weighted by atomic mass is 32.2. The lowest BCUT2D eigenvalue weighted by molar-refractivity contribution is 0.459. The molecule has 2 aromatic heterocycles. The van der Waals surface area contributed by atoms with Gasteiger partial charge in [0.2, 0.25) is 15.9 Å². The van der Waals surface area contributed by atoms with Gasteiger partial charge in [0.15, 0.2) is 5.82 Å². The largest absolute Gasteiger partial charge is 0.439 e. The van der Waals surface area contributed by atoms with Gasteiger partial charge in [0.1, 0.15) is 11.6 Å². The van der Waals surface area contributed by atoms with Crippen molar-refractivity contribution < 1.29 is 13.2 Å². The highest BCUT2D eigenvalue weighted by Crippen LogP contribution is 2.23. The van der Waals surface area contributed by atoms with Gasteiger partial charge in [-0.2, -0.15) is 10.1 Å². The molecule has 0 aliphatic heterocycles. The molecule has 0 bridgehead atoms. The summed E-state index contributed by atoms with van der Waals surface area (Å²) in [6.45, 7) is 1.76. The van der Waals surface area contributed by atoms with Crippen LogP contribution in [0, 0.1) is 6.92 Å². The summed E-state index contributed by atoms with van der Waals surface area (Å²) in [5, 5.41) is 4.13. The maximum atomic E-state index is 11.2. The molecule has 0 saturated heterocycles. The Morgan fingerprint density at radius 3 is 2.54 bits per heavy atom. The number of rotatable bonds is 5. The quantitative estimate of drug-likeness (QED) is 0.760. The Morgan fingerprint density at radius 1 is 1.17 bits per heavy atom. The Bertz CT molecular complexity index is 938. The average molecular weight is 345 g/mol. The van der Waals surface area contributed by atoms with Crippen molar-refractivity contribution in [1.29, 1.82) is 0 Å². The molecule has 124 valence electrons. The molecule has 8 nitrogen and oxygen atoms in total. The Morgan fingerprint density at radius 2 is 1.92 bits per heavy atom. The van der Waals surface area contributed by atoms with Crippen molar-refractivity contribution in [2.45, 2.75) is 6.92 Å². The van der Waals surface area contributed by atoms with Crippen LogP contribution in [0.25, 0.3) is 5.82 Å². The Balaban J connectivity index is 1.81. The van der Waals surface area contributed by atoms with E-state index in [0.717, 1.165) is 6.26 Å². The second-order valence-electron chi connectivity index (χ2n) is 5.06. The van der Waals surface area contributed by atoms with Crippen LogP contribution in [0.15, 0.2) is 48.8 Å². The highest BCUT2D eigenvalue weighted by Gasteiger charge is 2.07. The number of benzene rings is 1. The van der Waals surface area contributed by atoms with Crippen molar-refractivity contribution in [2.24, 2.45) is 0 Å². The zero-order valence-electron chi connectivity index (χ0n) is 13.0. The van der Waals surface area contributed by atoms with E-state index in [2.05, 4.69) is 19.8 Å². The topological polar surface area (TPSA) is 99.0 Å². The second kappa shape index (κ2) is 6.28.